The van der Waals surface area contributed by atoms with Crippen LogP contribution in [0.25, 0.3) is 0 Å². The quantitative estimate of drug-likeness (QED) is 0.389. The van der Waals surface area contributed by atoms with Crippen molar-refractivity contribution in [3.8, 4) is 0 Å². The number of nitrogens with one attached hydrogen (secondary N) is 1. The normalized spacial score (nSPS) is 8.25. The fraction of sp³-hybridized carbons (Fsp3) is 0.300. The Morgan fingerprint density at radius 3 is 2.08 bits per heavy atom. The Kier molecular flexibility index (Phi) is 10.7. The first kappa shape index (κ1) is 13.3. The topological polar surface area (TPSA) is 24.4 Å². The largest absolute Gasteiger partial charge is 0.394 e. The first-order chi connectivity index (χ1) is 5.72. The van der Waals surface area contributed by atoms with Gasteiger partial charge < -0.3 is 5.32 Å². The molecule has 0 saturated heterocycles. The summed E-state index contributed by atoms with van der Waals surface area (Å²) in [4.78, 5) is 3.83. The molecule has 0 aromatic rings. The Labute approximate surface area is 75.4 Å². The lowest BCUT2D eigenvalue weighted by atomic mass is 10.2. The lowest BCUT2D eigenvalue weighted by molar-refractivity contribution is 1.09. The first-order valence-corrected chi connectivity index (χ1v) is 3.70. The summed E-state index contributed by atoms with van der Waals surface area (Å²) < 4.78 is 0. The Morgan fingerprint density at radius 2 is 1.83 bits per heavy atom. The van der Waals surface area contributed by atoms with Crippen LogP contribution < -0.4 is 5.32 Å². The Hall–Kier alpha value is -1.31. The summed E-state index contributed by atoms with van der Waals surface area (Å²) >= 11 is 0. The molecule has 0 radical (unpaired) electrons. The van der Waals surface area contributed by atoms with Crippen LogP contribution in [0.3, 0.4) is 0 Å². The first-order valence-electron chi connectivity index (χ1n) is 3.70. The van der Waals surface area contributed by atoms with Crippen molar-refractivity contribution in [1.29, 1.82) is 0 Å². The predicted molar refractivity (Wildman–Crippen MR) is 57.4 cm³/mol. The van der Waals surface area contributed by atoms with Gasteiger partial charge in [0.05, 0.1) is 5.70 Å². The second-order valence-corrected chi connectivity index (χ2v) is 2.17. The maximum absolute atomic E-state index is 3.83. The highest BCUT2D eigenvalue weighted by Crippen LogP contribution is 2.04. The van der Waals surface area contributed by atoms with Crippen LogP contribution >= 0.6 is 0 Å². The molecule has 0 amide bonds. The van der Waals surface area contributed by atoms with E-state index in [0.717, 1.165) is 5.70 Å². The van der Waals surface area contributed by atoms with Crippen LogP contribution in [0.2, 0.25) is 0 Å². The number of aliphatic imine (C=N–C) groups is 1. The van der Waals surface area contributed by atoms with Gasteiger partial charge in [0.15, 0.2) is 0 Å². The lowest BCUT2D eigenvalue weighted by Crippen LogP contribution is -1.91. The molecule has 0 heterocycles. The highest BCUT2D eigenvalue weighted by molar-refractivity contribution is 5.34. The lowest BCUT2D eigenvalue weighted by Gasteiger charge is -1.94. The molecule has 0 unspecified atom stereocenters. The van der Waals surface area contributed by atoms with E-state index in [1.807, 2.05) is 33.2 Å². The molecule has 0 fully saturated rings. The van der Waals surface area contributed by atoms with E-state index < -0.39 is 0 Å². The van der Waals surface area contributed by atoms with E-state index in [1.165, 1.54) is 5.57 Å². The third-order valence-electron chi connectivity index (χ3n) is 1.09. The van der Waals surface area contributed by atoms with Gasteiger partial charge in [0, 0.05) is 7.05 Å². The fourth-order valence-electron chi connectivity index (χ4n) is 0.540. The zero-order chi connectivity index (χ0) is 9.98. The summed E-state index contributed by atoms with van der Waals surface area (Å²) in [7, 11) is 1.85. The van der Waals surface area contributed by atoms with E-state index in [0.29, 0.717) is 0 Å². The van der Waals surface area contributed by atoms with E-state index in [2.05, 4.69) is 30.2 Å². The molecule has 0 rings (SSSR count). The van der Waals surface area contributed by atoms with Crippen molar-refractivity contribution >= 4 is 6.72 Å². The molecular weight excluding hydrogens is 148 g/mol. The van der Waals surface area contributed by atoms with E-state index in [4.69, 9.17) is 0 Å². The summed E-state index contributed by atoms with van der Waals surface area (Å²) in [6.07, 6.45) is 3.72. The highest BCUT2D eigenvalue weighted by atomic mass is 14.8. The Morgan fingerprint density at radius 1 is 1.33 bits per heavy atom. The smallest absolute Gasteiger partial charge is 0.0623 e. The molecule has 0 bridgehead atoms. The SMILES string of the molecule is C=C.C=NC(/C=C\NC)=C(C)C. The number of allylic oxidation sites excluding steroid dienone is 2. The number of hydrogen-bond donors (Lipinski definition) is 1. The standard InChI is InChI=1S/C8H14N2.C2H4/c1-7(2)8(10-4)5-6-9-3;1-2/h5-6,9H,4H2,1-3H3;1-2H2/b6-5-;. The number of rotatable bonds is 3. The van der Waals surface area contributed by atoms with Crippen LogP contribution in [-0.2, 0) is 0 Å². The second-order valence-electron chi connectivity index (χ2n) is 2.17. The average molecular weight is 166 g/mol. The molecule has 68 valence electrons. The van der Waals surface area contributed by atoms with Gasteiger partial charge in [-0.25, -0.2) is 0 Å². The van der Waals surface area contributed by atoms with Crippen molar-refractivity contribution in [1.82, 2.24) is 5.32 Å². The van der Waals surface area contributed by atoms with Crippen molar-refractivity contribution in [2.24, 2.45) is 4.99 Å². The summed E-state index contributed by atoms with van der Waals surface area (Å²) in [5.41, 5.74) is 2.09. The molecule has 0 atom stereocenters. The van der Waals surface area contributed by atoms with E-state index in [9.17, 15) is 0 Å². The van der Waals surface area contributed by atoms with Crippen LogP contribution in [0, 0.1) is 0 Å². The van der Waals surface area contributed by atoms with Crippen molar-refractivity contribution in [3.63, 3.8) is 0 Å². The van der Waals surface area contributed by atoms with Crippen LogP contribution in [0.5, 0.6) is 0 Å². The number of nitrogens with zero attached hydrogens (tertiary/aromatic N) is 1. The molecule has 0 aliphatic carbocycles. The molecule has 2 heteroatoms. The van der Waals surface area contributed by atoms with Gasteiger partial charge in [-0.05, 0) is 32.8 Å². The Balaban J connectivity index is 0. The van der Waals surface area contributed by atoms with Gasteiger partial charge in [-0.3, -0.25) is 4.99 Å². The van der Waals surface area contributed by atoms with Gasteiger partial charge in [0.25, 0.3) is 0 Å². The molecule has 0 aromatic carbocycles. The molecule has 2 nitrogen and oxygen atoms in total. The third-order valence-corrected chi connectivity index (χ3v) is 1.09. The molecule has 1 N–H and O–H groups in total. The van der Waals surface area contributed by atoms with Gasteiger partial charge in [-0.1, -0.05) is 5.57 Å². The van der Waals surface area contributed by atoms with Gasteiger partial charge >= 0.3 is 0 Å². The minimum atomic E-state index is 0.925. The molecule has 0 aromatic heterocycles. The summed E-state index contributed by atoms with van der Waals surface area (Å²) in [6, 6.07) is 0. The summed E-state index contributed by atoms with van der Waals surface area (Å²) in [5.74, 6) is 0. The second kappa shape index (κ2) is 9.69. The molecule has 0 aliphatic heterocycles. The molecule has 0 spiro atoms. The summed E-state index contributed by atoms with van der Waals surface area (Å²) in [6.45, 7) is 13.5. The van der Waals surface area contributed by atoms with E-state index >= 15 is 0 Å². The maximum atomic E-state index is 3.83. The van der Waals surface area contributed by atoms with E-state index in [1.54, 1.807) is 0 Å². The zero-order valence-corrected chi connectivity index (χ0v) is 8.22. The van der Waals surface area contributed by atoms with Gasteiger partial charge in [-0.2, -0.15) is 0 Å². The van der Waals surface area contributed by atoms with Crippen molar-refractivity contribution in [3.05, 3.63) is 36.7 Å². The highest BCUT2D eigenvalue weighted by Gasteiger charge is 1.86. The summed E-state index contributed by atoms with van der Waals surface area (Å²) in [5, 5.41) is 2.88. The van der Waals surface area contributed by atoms with Gasteiger partial charge in [0.1, 0.15) is 0 Å². The molecule has 0 saturated carbocycles. The Bertz CT molecular complexity index is 174. The molecular formula is C10H18N2. The average Bonchev–Trinajstić information content (AvgIpc) is 2.09. The van der Waals surface area contributed by atoms with Crippen LogP contribution in [-0.4, -0.2) is 13.8 Å². The van der Waals surface area contributed by atoms with Crippen LogP contribution in [0.15, 0.2) is 41.7 Å². The van der Waals surface area contributed by atoms with Crippen LogP contribution in [0.4, 0.5) is 0 Å². The van der Waals surface area contributed by atoms with Crippen molar-refractivity contribution in [2.75, 3.05) is 7.05 Å². The van der Waals surface area contributed by atoms with Gasteiger partial charge in [0.2, 0.25) is 0 Å². The minimum absolute atomic E-state index is 0.925. The maximum Gasteiger partial charge on any atom is 0.0623 e. The third kappa shape index (κ3) is 6.81. The predicted octanol–water partition coefficient (Wildman–Crippen LogP) is 2.52. The van der Waals surface area contributed by atoms with Crippen LogP contribution in [0.1, 0.15) is 13.8 Å². The zero-order valence-electron chi connectivity index (χ0n) is 8.22. The number of hydrogen-bond acceptors (Lipinski definition) is 2. The van der Waals surface area contributed by atoms with E-state index in [-0.39, 0.29) is 0 Å². The molecule has 0 aliphatic rings. The fourth-order valence-corrected chi connectivity index (χ4v) is 0.540. The van der Waals surface area contributed by atoms with Crippen molar-refractivity contribution in [2.45, 2.75) is 13.8 Å². The minimum Gasteiger partial charge on any atom is -0.394 e. The molecule has 12 heavy (non-hydrogen) atoms. The van der Waals surface area contributed by atoms with Crippen molar-refractivity contribution < 1.29 is 0 Å². The van der Waals surface area contributed by atoms with Gasteiger partial charge in [-0.15, -0.1) is 13.2 Å². The monoisotopic (exact) mass is 166 g/mol.